The molecular formula is C19H23ClN4O. The van der Waals surface area contributed by atoms with Gasteiger partial charge in [-0.25, -0.2) is 4.79 Å². The Bertz CT molecular complexity index is 712. The zero-order chi connectivity index (χ0) is 17.6. The van der Waals surface area contributed by atoms with Crippen LogP contribution in [0.3, 0.4) is 0 Å². The van der Waals surface area contributed by atoms with Crippen molar-refractivity contribution in [1.29, 1.82) is 0 Å². The molecule has 132 valence electrons. The molecule has 2 aromatic rings. The Morgan fingerprint density at radius 2 is 2.08 bits per heavy atom. The first-order valence-electron chi connectivity index (χ1n) is 8.67. The minimum atomic E-state index is 0.00427. The molecule has 1 fully saturated rings. The van der Waals surface area contributed by atoms with E-state index >= 15 is 0 Å². The summed E-state index contributed by atoms with van der Waals surface area (Å²) in [7, 11) is 0. The molecule has 1 aromatic carbocycles. The van der Waals surface area contributed by atoms with E-state index in [9.17, 15) is 4.79 Å². The smallest absolute Gasteiger partial charge is 0.317 e. The highest BCUT2D eigenvalue weighted by atomic mass is 35.5. The molecule has 2 heterocycles. The van der Waals surface area contributed by atoms with Gasteiger partial charge >= 0.3 is 6.03 Å². The van der Waals surface area contributed by atoms with Crippen molar-refractivity contribution in [2.24, 2.45) is 0 Å². The number of halogens is 1. The van der Waals surface area contributed by atoms with Gasteiger partial charge in [0.25, 0.3) is 0 Å². The van der Waals surface area contributed by atoms with Crippen LogP contribution in [0.4, 0.5) is 4.79 Å². The van der Waals surface area contributed by atoms with E-state index in [-0.39, 0.29) is 6.03 Å². The number of nitrogens with zero attached hydrogens (tertiary/aromatic N) is 3. The number of carbonyl (C=O) groups is 1. The average Bonchev–Trinajstić information content (AvgIpc) is 2.63. The SMILES string of the molecule is Cc1cnc(CCNC(=O)N2CCC(c3cccc(Cl)c3)CC2)cn1. The topological polar surface area (TPSA) is 58.1 Å². The summed E-state index contributed by atoms with van der Waals surface area (Å²) in [6, 6.07) is 8.04. The molecule has 1 aromatic heterocycles. The first kappa shape index (κ1) is 17.7. The Kier molecular flexibility index (Phi) is 5.87. The number of amides is 2. The molecule has 1 aliphatic heterocycles. The Morgan fingerprint density at radius 1 is 1.28 bits per heavy atom. The number of rotatable bonds is 4. The lowest BCUT2D eigenvalue weighted by atomic mass is 9.89. The molecule has 0 atom stereocenters. The number of hydrogen-bond donors (Lipinski definition) is 1. The van der Waals surface area contributed by atoms with Gasteiger partial charge in [0, 0.05) is 43.5 Å². The lowest BCUT2D eigenvalue weighted by molar-refractivity contribution is 0.181. The summed E-state index contributed by atoms with van der Waals surface area (Å²) in [5.74, 6) is 0.477. The summed E-state index contributed by atoms with van der Waals surface area (Å²) in [6.45, 7) is 4.02. The molecule has 0 unspecified atom stereocenters. The van der Waals surface area contributed by atoms with Crippen molar-refractivity contribution in [3.05, 3.63) is 58.6 Å². The van der Waals surface area contributed by atoms with Crippen LogP contribution in [0.5, 0.6) is 0 Å². The minimum Gasteiger partial charge on any atom is -0.338 e. The molecule has 25 heavy (non-hydrogen) atoms. The average molecular weight is 359 g/mol. The number of carbonyl (C=O) groups excluding carboxylic acids is 1. The summed E-state index contributed by atoms with van der Waals surface area (Å²) in [6.07, 6.45) is 6.14. The van der Waals surface area contributed by atoms with Crippen LogP contribution in [0.25, 0.3) is 0 Å². The minimum absolute atomic E-state index is 0.00427. The van der Waals surface area contributed by atoms with Gasteiger partial charge in [-0.3, -0.25) is 9.97 Å². The molecule has 1 saturated heterocycles. The molecule has 1 aliphatic rings. The fourth-order valence-corrected chi connectivity index (χ4v) is 3.33. The van der Waals surface area contributed by atoms with Gasteiger partial charge in [-0.15, -0.1) is 0 Å². The molecule has 0 saturated carbocycles. The maximum absolute atomic E-state index is 12.3. The maximum Gasteiger partial charge on any atom is 0.317 e. The maximum atomic E-state index is 12.3. The van der Waals surface area contributed by atoms with Gasteiger partial charge in [0.15, 0.2) is 0 Å². The van der Waals surface area contributed by atoms with Crippen LogP contribution in [-0.4, -0.2) is 40.5 Å². The van der Waals surface area contributed by atoms with Gasteiger partial charge in [0.2, 0.25) is 0 Å². The normalized spacial score (nSPS) is 15.2. The van der Waals surface area contributed by atoms with Crippen molar-refractivity contribution < 1.29 is 4.79 Å². The number of urea groups is 1. The van der Waals surface area contributed by atoms with E-state index in [1.807, 2.05) is 30.0 Å². The fraction of sp³-hybridized carbons (Fsp3) is 0.421. The zero-order valence-corrected chi connectivity index (χ0v) is 15.2. The van der Waals surface area contributed by atoms with E-state index in [0.717, 1.165) is 42.3 Å². The van der Waals surface area contributed by atoms with Crippen LogP contribution in [0.1, 0.15) is 35.7 Å². The summed E-state index contributed by atoms with van der Waals surface area (Å²) in [5.41, 5.74) is 3.06. The van der Waals surface area contributed by atoms with Crippen molar-refractivity contribution in [2.45, 2.75) is 32.1 Å². The van der Waals surface area contributed by atoms with Gasteiger partial charge in [-0.05, 0) is 43.4 Å². The Morgan fingerprint density at radius 3 is 2.76 bits per heavy atom. The molecule has 6 heteroatoms. The molecular weight excluding hydrogens is 336 g/mol. The third-order valence-electron chi connectivity index (χ3n) is 4.59. The second kappa shape index (κ2) is 8.30. The standard InChI is InChI=1S/C19H23ClN4O/c1-14-12-23-18(13-22-14)5-8-21-19(25)24-9-6-15(7-10-24)16-3-2-4-17(20)11-16/h2-4,11-13,15H,5-10H2,1H3,(H,21,25). The van der Waals surface area contributed by atoms with Crippen molar-refractivity contribution in [3.8, 4) is 0 Å². The quantitative estimate of drug-likeness (QED) is 0.908. The van der Waals surface area contributed by atoms with Crippen LogP contribution in [0.2, 0.25) is 5.02 Å². The van der Waals surface area contributed by atoms with Gasteiger partial charge < -0.3 is 10.2 Å². The summed E-state index contributed by atoms with van der Waals surface area (Å²) in [4.78, 5) is 22.7. The van der Waals surface area contributed by atoms with Crippen LogP contribution in [0.15, 0.2) is 36.7 Å². The summed E-state index contributed by atoms with van der Waals surface area (Å²) >= 11 is 6.08. The van der Waals surface area contributed by atoms with Gasteiger partial charge in [-0.2, -0.15) is 0 Å². The lowest BCUT2D eigenvalue weighted by Crippen LogP contribution is -2.44. The van der Waals surface area contributed by atoms with Crippen LogP contribution in [0, 0.1) is 6.92 Å². The number of likely N-dealkylation sites (tertiary alicyclic amines) is 1. The van der Waals surface area contributed by atoms with Crippen molar-refractivity contribution >= 4 is 17.6 Å². The number of nitrogens with one attached hydrogen (secondary N) is 1. The van der Waals surface area contributed by atoms with Gasteiger partial charge in [0.05, 0.1) is 11.4 Å². The van der Waals surface area contributed by atoms with E-state index in [4.69, 9.17) is 11.6 Å². The van der Waals surface area contributed by atoms with Crippen molar-refractivity contribution in [1.82, 2.24) is 20.2 Å². The number of piperidine rings is 1. The summed E-state index contributed by atoms with van der Waals surface area (Å²) in [5, 5.41) is 3.75. The molecule has 3 rings (SSSR count). The van der Waals surface area contributed by atoms with E-state index in [2.05, 4.69) is 21.4 Å². The van der Waals surface area contributed by atoms with E-state index in [1.54, 1.807) is 12.4 Å². The predicted octanol–water partition coefficient (Wildman–Crippen LogP) is 3.57. The Balaban J connectivity index is 1.43. The van der Waals surface area contributed by atoms with Crippen LogP contribution >= 0.6 is 11.6 Å². The number of aryl methyl sites for hydroxylation is 1. The van der Waals surface area contributed by atoms with Crippen LogP contribution in [-0.2, 0) is 6.42 Å². The number of benzene rings is 1. The van der Waals surface area contributed by atoms with Gasteiger partial charge in [-0.1, -0.05) is 23.7 Å². The Labute approximate surface area is 153 Å². The largest absolute Gasteiger partial charge is 0.338 e. The predicted molar refractivity (Wildman–Crippen MR) is 98.9 cm³/mol. The molecule has 2 amide bonds. The van der Waals surface area contributed by atoms with E-state index < -0.39 is 0 Å². The third kappa shape index (κ3) is 4.92. The molecule has 0 bridgehead atoms. The van der Waals surface area contributed by atoms with Crippen molar-refractivity contribution in [2.75, 3.05) is 19.6 Å². The first-order chi connectivity index (χ1) is 12.1. The number of aromatic nitrogens is 2. The first-order valence-corrected chi connectivity index (χ1v) is 9.05. The second-order valence-electron chi connectivity index (χ2n) is 6.45. The number of hydrogen-bond acceptors (Lipinski definition) is 3. The van der Waals surface area contributed by atoms with Gasteiger partial charge in [0.1, 0.15) is 0 Å². The molecule has 5 nitrogen and oxygen atoms in total. The van der Waals surface area contributed by atoms with Crippen LogP contribution < -0.4 is 5.32 Å². The van der Waals surface area contributed by atoms with E-state index in [0.29, 0.717) is 18.9 Å². The fourth-order valence-electron chi connectivity index (χ4n) is 3.13. The highest BCUT2D eigenvalue weighted by Gasteiger charge is 2.23. The zero-order valence-electron chi connectivity index (χ0n) is 14.4. The lowest BCUT2D eigenvalue weighted by Gasteiger charge is -2.32. The highest BCUT2D eigenvalue weighted by Crippen LogP contribution is 2.29. The molecule has 0 radical (unpaired) electrons. The van der Waals surface area contributed by atoms with E-state index in [1.165, 1.54) is 5.56 Å². The third-order valence-corrected chi connectivity index (χ3v) is 4.83. The summed E-state index contributed by atoms with van der Waals surface area (Å²) < 4.78 is 0. The van der Waals surface area contributed by atoms with Crippen molar-refractivity contribution in [3.63, 3.8) is 0 Å². The molecule has 1 N–H and O–H groups in total. The second-order valence-corrected chi connectivity index (χ2v) is 6.88. The Hall–Kier alpha value is -2.14. The highest BCUT2D eigenvalue weighted by molar-refractivity contribution is 6.30. The molecule has 0 spiro atoms. The monoisotopic (exact) mass is 358 g/mol. The molecule has 0 aliphatic carbocycles.